The first-order valence-corrected chi connectivity index (χ1v) is 10.0. The van der Waals surface area contributed by atoms with E-state index in [1.807, 2.05) is 23.1 Å². The fraction of sp³-hybridized carbons (Fsp3) is 0.435. The summed E-state index contributed by atoms with van der Waals surface area (Å²) in [6.45, 7) is 5.34. The Hall–Kier alpha value is -2.33. The summed E-state index contributed by atoms with van der Waals surface area (Å²) in [4.78, 5) is 16.8. The van der Waals surface area contributed by atoms with Crippen LogP contribution >= 0.6 is 0 Å². The van der Waals surface area contributed by atoms with Crippen LogP contribution in [0.25, 0.3) is 11.1 Å². The van der Waals surface area contributed by atoms with Gasteiger partial charge in [-0.2, -0.15) is 0 Å². The Morgan fingerprint density at radius 3 is 2.63 bits per heavy atom. The lowest BCUT2D eigenvalue weighted by Crippen LogP contribution is -2.41. The zero-order valence-corrected chi connectivity index (χ0v) is 16.0. The molecule has 2 atom stereocenters. The molecule has 0 N–H and O–H groups in total. The molecular formula is C23H28N2O2. The van der Waals surface area contributed by atoms with Gasteiger partial charge < -0.3 is 9.64 Å². The van der Waals surface area contributed by atoms with Crippen molar-refractivity contribution in [3.63, 3.8) is 0 Å². The van der Waals surface area contributed by atoms with Crippen molar-refractivity contribution in [3.05, 3.63) is 54.6 Å². The summed E-state index contributed by atoms with van der Waals surface area (Å²) >= 11 is 0. The molecule has 2 aromatic rings. The second-order valence-electron chi connectivity index (χ2n) is 7.74. The van der Waals surface area contributed by atoms with Gasteiger partial charge in [0.2, 0.25) is 5.91 Å². The fourth-order valence-corrected chi connectivity index (χ4v) is 4.19. The number of carbonyl (C=O) groups excluding carboxylic acids is 1. The maximum atomic E-state index is 12.5. The predicted octanol–water partition coefficient (Wildman–Crippen LogP) is 3.82. The summed E-state index contributed by atoms with van der Waals surface area (Å²) in [7, 11) is 0. The minimum Gasteiger partial charge on any atom is -0.489 e. The highest BCUT2D eigenvalue weighted by atomic mass is 16.5. The molecule has 2 aliphatic heterocycles. The molecule has 4 nitrogen and oxygen atoms in total. The van der Waals surface area contributed by atoms with E-state index in [0.29, 0.717) is 12.6 Å². The highest BCUT2D eigenvalue weighted by molar-refractivity contribution is 5.78. The summed E-state index contributed by atoms with van der Waals surface area (Å²) in [6.07, 6.45) is 3.39. The Morgan fingerprint density at radius 1 is 1.04 bits per heavy atom. The molecule has 142 valence electrons. The van der Waals surface area contributed by atoms with Gasteiger partial charge in [-0.15, -0.1) is 0 Å². The third kappa shape index (κ3) is 4.33. The van der Waals surface area contributed by atoms with Gasteiger partial charge in [0.15, 0.2) is 0 Å². The fourth-order valence-electron chi connectivity index (χ4n) is 4.19. The number of carbonyl (C=O) groups is 1. The Morgan fingerprint density at radius 2 is 1.85 bits per heavy atom. The van der Waals surface area contributed by atoms with Crippen LogP contribution in [0.1, 0.15) is 26.2 Å². The van der Waals surface area contributed by atoms with E-state index in [-0.39, 0.29) is 12.0 Å². The Labute approximate surface area is 161 Å². The minimum atomic E-state index is 0.153. The van der Waals surface area contributed by atoms with Crippen LogP contribution in [0.2, 0.25) is 0 Å². The van der Waals surface area contributed by atoms with E-state index < -0.39 is 0 Å². The van der Waals surface area contributed by atoms with Gasteiger partial charge in [-0.3, -0.25) is 9.69 Å². The van der Waals surface area contributed by atoms with Crippen molar-refractivity contribution < 1.29 is 9.53 Å². The van der Waals surface area contributed by atoms with E-state index in [0.717, 1.165) is 44.6 Å². The SMILES string of the molecule is C[C@@H]1CCCN1C(=O)CN1CC[C@H](Oc2cccc(-c3ccccc3)c2)C1. The monoisotopic (exact) mass is 364 g/mol. The molecule has 1 amide bonds. The van der Waals surface area contributed by atoms with Gasteiger partial charge in [0.05, 0.1) is 6.54 Å². The first-order chi connectivity index (χ1) is 13.2. The normalized spacial score (nSPS) is 22.9. The second kappa shape index (κ2) is 8.13. The van der Waals surface area contributed by atoms with Crippen molar-refractivity contribution in [2.24, 2.45) is 0 Å². The van der Waals surface area contributed by atoms with Crippen molar-refractivity contribution >= 4 is 5.91 Å². The van der Waals surface area contributed by atoms with Crippen molar-refractivity contribution in [2.45, 2.75) is 38.3 Å². The van der Waals surface area contributed by atoms with Crippen molar-refractivity contribution in [3.8, 4) is 16.9 Å². The van der Waals surface area contributed by atoms with Crippen molar-refractivity contribution in [1.29, 1.82) is 0 Å². The predicted molar refractivity (Wildman–Crippen MR) is 108 cm³/mol. The van der Waals surface area contributed by atoms with Crippen LogP contribution in [0.5, 0.6) is 5.75 Å². The van der Waals surface area contributed by atoms with Crippen LogP contribution in [-0.4, -0.2) is 54.0 Å². The Kier molecular flexibility index (Phi) is 5.44. The van der Waals surface area contributed by atoms with Crippen LogP contribution in [-0.2, 0) is 4.79 Å². The van der Waals surface area contributed by atoms with Crippen LogP contribution < -0.4 is 4.74 Å². The number of benzene rings is 2. The zero-order chi connectivity index (χ0) is 18.6. The number of hydrogen-bond acceptors (Lipinski definition) is 3. The third-order valence-electron chi connectivity index (χ3n) is 5.71. The van der Waals surface area contributed by atoms with E-state index >= 15 is 0 Å². The summed E-state index contributed by atoms with van der Waals surface area (Å²) < 4.78 is 6.23. The molecule has 2 aromatic carbocycles. The summed E-state index contributed by atoms with van der Waals surface area (Å²) in [5, 5.41) is 0. The number of hydrogen-bond donors (Lipinski definition) is 0. The first kappa shape index (κ1) is 18.1. The lowest BCUT2D eigenvalue weighted by Gasteiger charge is -2.24. The third-order valence-corrected chi connectivity index (χ3v) is 5.71. The van der Waals surface area contributed by atoms with Crippen LogP contribution in [0.4, 0.5) is 0 Å². The van der Waals surface area contributed by atoms with Crippen LogP contribution in [0, 0.1) is 0 Å². The minimum absolute atomic E-state index is 0.153. The molecule has 4 rings (SSSR count). The van der Waals surface area contributed by atoms with Gasteiger partial charge in [-0.25, -0.2) is 0 Å². The molecular weight excluding hydrogens is 336 g/mol. The number of nitrogens with zero attached hydrogens (tertiary/aromatic N) is 2. The zero-order valence-electron chi connectivity index (χ0n) is 16.0. The lowest BCUT2D eigenvalue weighted by molar-refractivity contribution is -0.132. The highest BCUT2D eigenvalue weighted by Crippen LogP contribution is 2.26. The molecule has 2 saturated heterocycles. The van der Waals surface area contributed by atoms with E-state index in [2.05, 4.69) is 48.2 Å². The molecule has 0 radical (unpaired) electrons. The molecule has 0 aromatic heterocycles. The van der Waals surface area contributed by atoms with Gasteiger partial charge in [0, 0.05) is 25.7 Å². The molecule has 0 aliphatic carbocycles. The summed E-state index contributed by atoms with van der Waals surface area (Å²) in [6, 6.07) is 19.0. The number of amides is 1. The van der Waals surface area contributed by atoms with Gasteiger partial charge in [0.25, 0.3) is 0 Å². The second-order valence-corrected chi connectivity index (χ2v) is 7.74. The molecule has 2 aliphatic rings. The number of likely N-dealkylation sites (tertiary alicyclic amines) is 2. The smallest absolute Gasteiger partial charge is 0.236 e. The molecule has 0 spiro atoms. The van der Waals surface area contributed by atoms with Gasteiger partial charge >= 0.3 is 0 Å². The molecule has 0 bridgehead atoms. The number of ether oxygens (including phenoxy) is 1. The van der Waals surface area contributed by atoms with E-state index in [9.17, 15) is 4.79 Å². The average Bonchev–Trinajstić information content (AvgIpc) is 3.31. The molecule has 0 unspecified atom stereocenters. The van der Waals surface area contributed by atoms with Crippen molar-refractivity contribution in [2.75, 3.05) is 26.2 Å². The lowest BCUT2D eigenvalue weighted by atomic mass is 10.1. The standard InChI is InChI=1S/C23H28N2O2/c1-18-7-6-13-25(18)23(26)17-24-14-12-22(16-24)27-21-11-5-10-20(15-21)19-8-3-2-4-9-19/h2-5,8-11,15,18,22H,6-7,12-14,16-17H2,1H3/t18-,22+/m1/s1. The topological polar surface area (TPSA) is 32.8 Å². The van der Waals surface area contributed by atoms with E-state index in [4.69, 9.17) is 4.74 Å². The first-order valence-electron chi connectivity index (χ1n) is 10.0. The molecule has 27 heavy (non-hydrogen) atoms. The molecule has 4 heteroatoms. The van der Waals surface area contributed by atoms with E-state index in [1.165, 1.54) is 11.1 Å². The molecule has 0 saturated carbocycles. The van der Waals surface area contributed by atoms with Crippen LogP contribution in [0.15, 0.2) is 54.6 Å². The van der Waals surface area contributed by atoms with E-state index in [1.54, 1.807) is 0 Å². The average molecular weight is 364 g/mol. The summed E-state index contributed by atoms with van der Waals surface area (Å²) in [5.41, 5.74) is 2.36. The summed E-state index contributed by atoms with van der Waals surface area (Å²) in [5.74, 6) is 1.18. The maximum absolute atomic E-state index is 12.5. The van der Waals surface area contributed by atoms with Crippen molar-refractivity contribution in [1.82, 2.24) is 9.80 Å². The highest BCUT2D eigenvalue weighted by Gasteiger charge is 2.30. The van der Waals surface area contributed by atoms with Crippen LogP contribution in [0.3, 0.4) is 0 Å². The van der Waals surface area contributed by atoms with Gasteiger partial charge in [-0.05, 0) is 49.4 Å². The quantitative estimate of drug-likeness (QED) is 0.809. The largest absolute Gasteiger partial charge is 0.489 e. The molecule has 2 heterocycles. The Balaban J connectivity index is 1.33. The molecule has 2 fully saturated rings. The van der Waals surface area contributed by atoms with Gasteiger partial charge in [-0.1, -0.05) is 42.5 Å². The maximum Gasteiger partial charge on any atom is 0.236 e. The van der Waals surface area contributed by atoms with Gasteiger partial charge in [0.1, 0.15) is 11.9 Å². The Bertz CT molecular complexity index is 777. The number of rotatable bonds is 5.